The van der Waals surface area contributed by atoms with Gasteiger partial charge in [0.1, 0.15) is 0 Å². The first kappa shape index (κ1) is 7.54. The van der Waals surface area contributed by atoms with E-state index in [-0.39, 0.29) is 23.9 Å². The van der Waals surface area contributed by atoms with E-state index in [1.54, 1.807) is 0 Å². The molecule has 1 rings (SSSR count). The molecular weight excluding hydrogens is 132 g/mol. The van der Waals surface area contributed by atoms with Gasteiger partial charge in [-0.2, -0.15) is 0 Å². The third-order valence-corrected chi connectivity index (χ3v) is 2.51. The van der Waals surface area contributed by atoms with Gasteiger partial charge in [-0.3, -0.25) is 4.79 Å². The highest BCUT2D eigenvalue weighted by Gasteiger charge is 2.61. The van der Waals surface area contributed by atoms with Crippen molar-refractivity contribution in [3.63, 3.8) is 0 Å². The van der Waals surface area contributed by atoms with Crippen LogP contribution in [0.4, 0.5) is 0 Å². The first-order chi connectivity index (χ1) is 4.51. The summed E-state index contributed by atoms with van der Waals surface area (Å²) >= 11 is 0. The summed E-state index contributed by atoms with van der Waals surface area (Å²) in [6.45, 7) is 3.73. The van der Waals surface area contributed by atoms with Crippen LogP contribution in [0.25, 0.3) is 0 Å². The van der Waals surface area contributed by atoms with Gasteiger partial charge in [0.15, 0.2) is 0 Å². The number of aliphatic hydroxyl groups excluding tert-OH is 1. The van der Waals surface area contributed by atoms with Crippen molar-refractivity contribution < 1.29 is 15.0 Å². The summed E-state index contributed by atoms with van der Waals surface area (Å²) in [6, 6.07) is 0. The van der Waals surface area contributed by atoms with E-state index in [1.165, 1.54) is 0 Å². The monoisotopic (exact) mass is 144 g/mol. The van der Waals surface area contributed by atoms with Gasteiger partial charge in [0.25, 0.3) is 0 Å². The van der Waals surface area contributed by atoms with Gasteiger partial charge in [-0.15, -0.1) is 0 Å². The summed E-state index contributed by atoms with van der Waals surface area (Å²) in [5.41, 5.74) is -0.194. The van der Waals surface area contributed by atoms with Crippen molar-refractivity contribution in [2.45, 2.75) is 13.8 Å². The molecule has 2 unspecified atom stereocenters. The fourth-order valence-electron chi connectivity index (χ4n) is 1.58. The zero-order valence-electron chi connectivity index (χ0n) is 6.16. The van der Waals surface area contributed by atoms with Gasteiger partial charge in [-0.25, -0.2) is 0 Å². The number of hydrogen-bond acceptors (Lipinski definition) is 2. The van der Waals surface area contributed by atoms with Crippen molar-refractivity contribution in [1.82, 2.24) is 0 Å². The highest BCUT2D eigenvalue weighted by molar-refractivity contribution is 5.75. The van der Waals surface area contributed by atoms with Crippen molar-refractivity contribution in [3.8, 4) is 0 Å². The molecule has 2 atom stereocenters. The van der Waals surface area contributed by atoms with E-state index < -0.39 is 5.97 Å². The van der Waals surface area contributed by atoms with E-state index in [1.807, 2.05) is 13.8 Å². The Balaban J connectivity index is 2.61. The van der Waals surface area contributed by atoms with Crippen LogP contribution in [0.15, 0.2) is 0 Å². The van der Waals surface area contributed by atoms with E-state index in [0.29, 0.717) is 0 Å². The Morgan fingerprint density at radius 2 is 2.10 bits per heavy atom. The van der Waals surface area contributed by atoms with Crippen LogP contribution in [-0.4, -0.2) is 22.8 Å². The van der Waals surface area contributed by atoms with Crippen LogP contribution >= 0.6 is 0 Å². The van der Waals surface area contributed by atoms with Gasteiger partial charge in [-0.1, -0.05) is 13.8 Å². The van der Waals surface area contributed by atoms with Crippen molar-refractivity contribution in [2.24, 2.45) is 17.3 Å². The Hall–Kier alpha value is -0.570. The van der Waals surface area contributed by atoms with E-state index in [2.05, 4.69) is 0 Å². The maximum Gasteiger partial charge on any atom is 0.307 e. The van der Waals surface area contributed by atoms with Gasteiger partial charge in [0.2, 0.25) is 0 Å². The summed E-state index contributed by atoms with van der Waals surface area (Å²) in [6.07, 6.45) is 0. The molecule has 0 aromatic heterocycles. The quantitative estimate of drug-likeness (QED) is 0.587. The molecule has 0 aromatic carbocycles. The van der Waals surface area contributed by atoms with Gasteiger partial charge >= 0.3 is 5.97 Å². The zero-order chi connectivity index (χ0) is 7.94. The average molecular weight is 144 g/mol. The lowest BCUT2D eigenvalue weighted by atomic mass is 10.1. The van der Waals surface area contributed by atoms with Crippen molar-refractivity contribution in [3.05, 3.63) is 0 Å². The molecule has 2 N–H and O–H groups in total. The van der Waals surface area contributed by atoms with E-state index in [9.17, 15) is 4.79 Å². The largest absolute Gasteiger partial charge is 0.481 e. The molecule has 0 amide bonds. The molecule has 0 heterocycles. The normalized spacial score (nSPS) is 35.5. The predicted octanol–water partition coefficient (Wildman–Crippen LogP) is 0.336. The second-order valence-corrected chi connectivity index (χ2v) is 3.43. The Labute approximate surface area is 59.7 Å². The summed E-state index contributed by atoms with van der Waals surface area (Å²) in [7, 11) is 0. The van der Waals surface area contributed by atoms with Crippen LogP contribution in [0.2, 0.25) is 0 Å². The molecule has 1 aliphatic rings. The molecule has 0 aliphatic heterocycles. The number of aliphatic hydroxyl groups is 1. The van der Waals surface area contributed by atoms with Gasteiger partial charge in [-0.05, 0) is 5.41 Å². The molecule has 0 radical (unpaired) electrons. The number of aliphatic carboxylic acids is 1. The lowest BCUT2D eigenvalue weighted by molar-refractivity contribution is -0.139. The molecule has 1 saturated carbocycles. The predicted molar refractivity (Wildman–Crippen MR) is 35.5 cm³/mol. The molecule has 3 nitrogen and oxygen atoms in total. The molecule has 1 aliphatic carbocycles. The second-order valence-electron chi connectivity index (χ2n) is 3.43. The van der Waals surface area contributed by atoms with Crippen molar-refractivity contribution >= 4 is 5.97 Å². The SMILES string of the molecule is CC1(C)C(CO)C1C(=O)O. The Kier molecular flexibility index (Phi) is 1.47. The van der Waals surface area contributed by atoms with Crippen molar-refractivity contribution in [1.29, 1.82) is 0 Å². The summed E-state index contributed by atoms with van der Waals surface area (Å²) in [4.78, 5) is 10.4. The minimum Gasteiger partial charge on any atom is -0.481 e. The maximum absolute atomic E-state index is 10.4. The Morgan fingerprint density at radius 3 is 2.20 bits per heavy atom. The van der Waals surface area contributed by atoms with Gasteiger partial charge in [0.05, 0.1) is 5.92 Å². The fourth-order valence-corrected chi connectivity index (χ4v) is 1.58. The second kappa shape index (κ2) is 1.95. The topological polar surface area (TPSA) is 57.5 Å². The Bertz CT molecular complexity index is 162. The summed E-state index contributed by atoms with van der Waals surface area (Å²) in [5.74, 6) is -1.16. The minimum absolute atomic E-state index is 0.00995. The van der Waals surface area contributed by atoms with Crippen LogP contribution < -0.4 is 0 Å². The fraction of sp³-hybridized carbons (Fsp3) is 0.857. The van der Waals surface area contributed by atoms with E-state index in [4.69, 9.17) is 10.2 Å². The maximum atomic E-state index is 10.4. The van der Waals surface area contributed by atoms with Crippen LogP contribution in [0.3, 0.4) is 0 Å². The molecular formula is C7H12O3. The lowest BCUT2D eigenvalue weighted by Crippen LogP contribution is -2.03. The molecule has 1 fully saturated rings. The van der Waals surface area contributed by atoms with Crippen LogP contribution in [0.5, 0.6) is 0 Å². The molecule has 0 spiro atoms. The Morgan fingerprint density at radius 1 is 1.60 bits per heavy atom. The number of carboxylic acids is 1. The molecule has 0 saturated heterocycles. The van der Waals surface area contributed by atoms with E-state index >= 15 is 0 Å². The highest BCUT2D eigenvalue weighted by Crippen LogP contribution is 2.57. The van der Waals surface area contributed by atoms with Crippen molar-refractivity contribution in [2.75, 3.05) is 6.61 Å². The van der Waals surface area contributed by atoms with Crippen LogP contribution in [0.1, 0.15) is 13.8 Å². The first-order valence-corrected chi connectivity index (χ1v) is 3.35. The molecule has 10 heavy (non-hydrogen) atoms. The number of carboxylic acid groups (broad SMARTS) is 1. The molecule has 58 valence electrons. The first-order valence-electron chi connectivity index (χ1n) is 3.35. The van der Waals surface area contributed by atoms with Gasteiger partial charge < -0.3 is 10.2 Å². The molecule has 3 heteroatoms. The number of rotatable bonds is 2. The third kappa shape index (κ3) is 0.814. The smallest absolute Gasteiger partial charge is 0.307 e. The highest BCUT2D eigenvalue weighted by atomic mass is 16.4. The van der Waals surface area contributed by atoms with E-state index in [0.717, 1.165) is 0 Å². The molecule has 0 aromatic rings. The lowest BCUT2D eigenvalue weighted by Gasteiger charge is -1.96. The molecule has 0 bridgehead atoms. The standard InChI is InChI=1S/C7H12O3/c1-7(2)4(3-8)5(7)6(9)10/h4-5,8H,3H2,1-2H3,(H,9,10). The average Bonchev–Trinajstić information content (AvgIpc) is 2.33. The summed E-state index contributed by atoms with van der Waals surface area (Å²) in [5, 5.41) is 17.3. The van der Waals surface area contributed by atoms with Crippen LogP contribution in [0, 0.1) is 17.3 Å². The minimum atomic E-state index is -0.788. The zero-order valence-corrected chi connectivity index (χ0v) is 6.16. The van der Waals surface area contributed by atoms with Crippen LogP contribution in [-0.2, 0) is 4.79 Å². The number of carbonyl (C=O) groups is 1. The van der Waals surface area contributed by atoms with Gasteiger partial charge in [0, 0.05) is 12.5 Å². The summed E-state index contributed by atoms with van der Waals surface area (Å²) < 4.78 is 0. The third-order valence-electron chi connectivity index (χ3n) is 2.51. The number of hydrogen-bond donors (Lipinski definition) is 2.